The van der Waals surface area contributed by atoms with Gasteiger partial charge in [-0.05, 0) is 26.8 Å². The zero-order chi connectivity index (χ0) is 13.3. The van der Waals surface area contributed by atoms with Crippen molar-refractivity contribution in [2.45, 2.75) is 26.4 Å². The maximum atomic E-state index is 12.0. The Kier molecular flexibility index (Phi) is 3.41. The average molecular weight is 282 g/mol. The number of nitrogens with two attached hydrogens (primary N) is 1. The van der Waals surface area contributed by atoms with Crippen LogP contribution in [-0.2, 0) is 4.74 Å². The molecule has 2 aromatic rings. The molecule has 0 unspecified atom stereocenters. The van der Waals surface area contributed by atoms with Crippen LogP contribution in [0.25, 0.3) is 9.75 Å². The minimum absolute atomic E-state index is 0.374. The number of anilines is 1. The van der Waals surface area contributed by atoms with Crippen LogP contribution in [0.3, 0.4) is 0 Å². The molecule has 96 valence electrons. The van der Waals surface area contributed by atoms with E-state index < -0.39 is 5.60 Å². The fraction of sp³-hybridized carbons (Fsp3) is 0.333. The van der Waals surface area contributed by atoms with Gasteiger partial charge in [0.25, 0.3) is 0 Å². The standard InChI is InChI=1S/C12H14N2O2S2/c1-12(2,3)16-11(15)10-7(13)4-8(18-10)9-5-14-6-17-9/h4-6H,13H2,1-3H3. The van der Waals surface area contributed by atoms with Crippen molar-refractivity contribution in [2.75, 3.05) is 5.73 Å². The molecule has 0 atom stereocenters. The number of carbonyl (C=O) groups is 1. The molecule has 0 aromatic carbocycles. The molecule has 0 aliphatic carbocycles. The van der Waals surface area contributed by atoms with Gasteiger partial charge in [0.15, 0.2) is 0 Å². The van der Waals surface area contributed by atoms with Gasteiger partial charge in [-0.15, -0.1) is 22.7 Å². The Morgan fingerprint density at radius 2 is 2.11 bits per heavy atom. The molecule has 0 aliphatic rings. The van der Waals surface area contributed by atoms with Gasteiger partial charge in [0.05, 0.1) is 16.1 Å². The Labute approximate surface area is 113 Å². The second kappa shape index (κ2) is 4.70. The Morgan fingerprint density at radius 3 is 2.67 bits per heavy atom. The Hall–Kier alpha value is -1.40. The normalized spacial score (nSPS) is 11.5. The van der Waals surface area contributed by atoms with E-state index in [-0.39, 0.29) is 5.97 Å². The van der Waals surface area contributed by atoms with Crippen molar-refractivity contribution in [3.8, 4) is 9.75 Å². The first-order chi connectivity index (χ1) is 8.37. The molecule has 0 spiro atoms. The molecule has 4 nitrogen and oxygen atoms in total. The molecule has 2 N–H and O–H groups in total. The lowest BCUT2D eigenvalue weighted by Crippen LogP contribution is -2.23. The van der Waals surface area contributed by atoms with E-state index in [2.05, 4.69) is 4.98 Å². The van der Waals surface area contributed by atoms with Gasteiger partial charge in [0.1, 0.15) is 10.5 Å². The van der Waals surface area contributed by atoms with Gasteiger partial charge in [-0.2, -0.15) is 0 Å². The molecular formula is C12H14N2O2S2. The summed E-state index contributed by atoms with van der Waals surface area (Å²) >= 11 is 2.85. The van der Waals surface area contributed by atoms with Crippen LogP contribution in [0.15, 0.2) is 17.8 Å². The zero-order valence-electron chi connectivity index (χ0n) is 10.4. The van der Waals surface area contributed by atoms with Crippen LogP contribution in [0.4, 0.5) is 5.69 Å². The number of hydrogen-bond acceptors (Lipinski definition) is 6. The molecule has 2 heterocycles. The third-order valence-electron chi connectivity index (χ3n) is 2.02. The van der Waals surface area contributed by atoms with Gasteiger partial charge < -0.3 is 10.5 Å². The number of rotatable bonds is 2. The number of thiazole rings is 1. The molecule has 0 fully saturated rings. The van der Waals surface area contributed by atoms with E-state index in [9.17, 15) is 4.79 Å². The monoisotopic (exact) mass is 282 g/mol. The third-order valence-corrected chi connectivity index (χ3v) is 4.12. The molecule has 0 amide bonds. The highest BCUT2D eigenvalue weighted by atomic mass is 32.1. The number of nitrogens with zero attached hydrogens (tertiary/aromatic N) is 1. The van der Waals surface area contributed by atoms with Crippen molar-refractivity contribution in [2.24, 2.45) is 0 Å². The van der Waals surface area contributed by atoms with E-state index in [4.69, 9.17) is 10.5 Å². The molecular weight excluding hydrogens is 268 g/mol. The van der Waals surface area contributed by atoms with E-state index in [1.54, 1.807) is 17.8 Å². The molecule has 0 radical (unpaired) electrons. The Bertz CT molecular complexity index is 553. The van der Waals surface area contributed by atoms with Gasteiger partial charge in [-0.25, -0.2) is 4.79 Å². The lowest BCUT2D eigenvalue weighted by molar-refractivity contribution is 0.00764. The zero-order valence-corrected chi connectivity index (χ0v) is 12.0. The fourth-order valence-corrected chi connectivity index (χ4v) is 3.01. The maximum Gasteiger partial charge on any atom is 0.350 e. The highest BCUT2D eigenvalue weighted by molar-refractivity contribution is 7.22. The quantitative estimate of drug-likeness (QED) is 0.857. The summed E-state index contributed by atoms with van der Waals surface area (Å²) in [7, 11) is 0. The first-order valence-corrected chi connectivity index (χ1v) is 7.08. The summed E-state index contributed by atoms with van der Waals surface area (Å²) in [6, 6.07) is 1.79. The van der Waals surface area contributed by atoms with Crippen molar-refractivity contribution in [1.29, 1.82) is 0 Å². The van der Waals surface area contributed by atoms with E-state index in [1.165, 1.54) is 22.7 Å². The van der Waals surface area contributed by atoms with E-state index in [1.807, 2.05) is 20.8 Å². The van der Waals surface area contributed by atoms with Crippen molar-refractivity contribution in [3.05, 3.63) is 22.7 Å². The predicted octanol–water partition coefficient (Wildman–Crippen LogP) is 3.41. The predicted molar refractivity (Wildman–Crippen MR) is 75.0 cm³/mol. The van der Waals surface area contributed by atoms with Gasteiger partial charge in [-0.3, -0.25) is 4.98 Å². The molecule has 0 saturated carbocycles. The van der Waals surface area contributed by atoms with E-state index in [0.717, 1.165) is 9.75 Å². The summed E-state index contributed by atoms with van der Waals surface area (Å²) in [6.07, 6.45) is 1.76. The van der Waals surface area contributed by atoms with Gasteiger partial charge in [-0.1, -0.05) is 0 Å². The summed E-state index contributed by atoms with van der Waals surface area (Å²) in [5.74, 6) is -0.374. The van der Waals surface area contributed by atoms with Crippen molar-refractivity contribution < 1.29 is 9.53 Å². The lowest BCUT2D eigenvalue weighted by atomic mass is 10.2. The smallest absolute Gasteiger partial charge is 0.350 e. The van der Waals surface area contributed by atoms with E-state index in [0.29, 0.717) is 10.6 Å². The van der Waals surface area contributed by atoms with Gasteiger partial charge >= 0.3 is 5.97 Å². The first kappa shape index (κ1) is 13.0. The molecule has 18 heavy (non-hydrogen) atoms. The number of hydrogen-bond donors (Lipinski definition) is 1. The van der Waals surface area contributed by atoms with Crippen LogP contribution < -0.4 is 5.73 Å². The van der Waals surface area contributed by atoms with E-state index >= 15 is 0 Å². The first-order valence-electron chi connectivity index (χ1n) is 5.38. The average Bonchev–Trinajstić information content (AvgIpc) is 2.82. The minimum atomic E-state index is -0.516. The summed E-state index contributed by atoms with van der Waals surface area (Å²) in [6.45, 7) is 5.50. The highest BCUT2D eigenvalue weighted by Crippen LogP contribution is 2.35. The van der Waals surface area contributed by atoms with Crippen LogP contribution in [0.1, 0.15) is 30.4 Å². The van der Waals surface area contributed by atoms with Crippen LogP contribution in [0, 0.1) is 0 Å². The Balaban J connectivity index is 2.27. The largest absolute Gasteiger partial charge is 0.456 e. The van der Waals surface area contributed by atoms with Crippen molar-refractivity contribution >= 4 is 34.3 Å². The van der Waals surface area contributed by atoms with Crippen LogP contribution in [0.2, 0.25) is 0 Å². The number of carbonyl (C=O) groups excluding carboxylic acids is 1. The highest BCUT2D eigenvalue weighted by Gasteiger charge is 2.22. The van der Waals surface area contributed by atoms with Crippen LogP contribution in [0.5, 0.6) is 0 Å². The minimum Gasteiger partial charge on any atom is -0.456 e. The molecule has 6 heteroatoms. The number of ether oxygens (including phenoxy) is 1. The number of aromatic nitrogens is 1. The number of nitrogen functional groups attached to an aromatic ring is 1. The van der Waals surface area contributed by atoms with Crippen molar-refractivity contribution in [3.63, 3.8) is 0 Å². The second-order valence-electron chi connectivity index (χ2n) is 4.76. The molecule has 0 aliphatic heterocycles. The van der Waals surface area contributed by atoms with Crippen molar-refractivity contribution in [1.82, 2.24) is 4.98 Å². The topological polar surface area (TPSA) is 65.2 Å². The summed E-state index contributed by atoms with van der Waals surface area (Å²) in [4.78, 5) is 18.4. The van der Waals surface area contributed by atoms with Crippen LogP contribution >= 0.6 is 22.7 Å². The third kappa shape index (κ3) is 2.88. The summed E-state index contributed by atoms with van der Waals surface area (Å²) in [5.41, 5.74) is 7.55. The van der Waals surface area contributed by atoms with Gasteiger partial charge in [0.2, 0.25) is 0 Å². The maximum absolute atomic E-state index is 12.0. The second-order valence-corrected chi connectivity index (χ2v) is 6.70. The molecule has 2 aromatic heterocycles. The fourth-order valence-electron chi connectivity index (χ4n) is 1.35. The number of esters is 1. The lowest BCUT2D eigenvalue weighted by Gasteiger charge is -2.18. The summed E-state index contributed by atoms with van der Waals surface area (Å²) < 4.78 is 5.31. The molecule has 0 saturated heterocycles. The molecule has 0 bridgehead atoms. The Morgan fingerprint density at radius 1 is 1.39 bits per heavy atom. The summed E-state index contributed by atoms with van der Waals surface area (Å²) in [5, 5.41) is 0. The number of thiophene rings is 1. The molecule has 2 rings (SSSR count). The SMILES string of the molecule is CC(C)(C)OC(=O)c1sc(-c2cncs2)cc1N. The van der Waals surface area contributed by atoms with Gasteiger partial charge in [0, 0.05) is 11.1 Å². The van der Waals surface area contributed by atoms with Crippen LogP contribution in [-0.4, -0.2) is 16.6 Å².